The zero-order chi connectivity index (χ0) is 12.1. The molecule has 2 rings (SSSR count). The summed E-state index contributed by atoms with van der Waals surface area (Å²) in [5.41, 5.74) is 0.508. The van der Waals surface area contributed by atoms with Crippen LogP contribution in [0.5, 0.6) is 0 Å². The van der Waals surface area contributed by atoms with Gasteiger partial charge in [-0.15, -0.1) is 0 Å². The Hall–Kier alpha value is -1.44. The molecule has 4 heteroatoms. The average molecular weight is 233 g/mol. The molecule has 1 aromatic rings. The Morgan fingerprint density at radius 2 is 2.06 bits per heavy atom. The molecule has 0 radical (unpaired) electrons. The monoisotopic (exact) mass is 233 g/mol. The van der Waals surface area contributed by atoms with Gasteiger partial charge >= 0.3 is 0 Å². The summed E-state index contributed by atoms with van der Waals surface area (Å²) in [6.45, 7) is 4.34. The summed E-state index contributed by atoms with van der Waals surface area (Å²) in [7, 11) is 0. The van der Waals surface area contributed by atoms with E-state index in [1.165, 1.54) is 6.07 Å². The van der Waals surface area contributed by atoms with Crippen LogP contribution in [0.1, 0.15) is 11.5 Å². The van der Waals surface area contributed by atoms with Crippen LogP contribution in [0.15, 0.2) is 24.3 Å². The predicted molar refractivity (Wildman–Crippen MR) is 64.1 cm³/mol. The van der Waals surface area contributed by atoms with Crippen molar-refractivity contribution in [2.45, 2.75) is 5.92 Å². The van der Waals surface area contributed by atoms with Crippen LogP contribution < -0.4 is 5.32 Å². The van der Waals surface area contributed by atoms with Crippen molar-refractivity contribution in [1.82, 2.24) is 10.2 Å². The van der Waals surface area contributed by atoms with Gasteiger partial charge in [0, 0.05) is 38.3 Å². The Morgan fingerprint density at radius 1 is 1.35 bits per heavy atom. The molecule has 1 N–H and O–H groups in total. The molecule has 1 aliphatic rings. The van der Waals surface area contributed by atoms with Gasteiger partial charge in [-0.2, -0.15) is 5.26 Å². The fourth-order valence-corrected chi connectivity index (χ4v) is 2.12. The van der Waals surface area contributed by atoms with Gasteiger partial charge in [0.2, 0.25) is 0 Å². The van der Waals surface area contributed by atoms with Crippen molar-refractivity contribution >= 4 is 0 Å². The number of nitrogens with zero attached hydrogens (tertiary/aromatic N) is 2. The minimum absolute atomic E-state index is 0.283. The lowest BCUT2D eigenvalue weighted by Gasteiger charge is -2.28. The third kappa shape index (κ3) is 3.02. The van der Waals surface area contributed by atoms with E-state index in [1.54, 1.807) is 18.2 Å². The highest BCUT2D eigenvalue weighted by atomic mass is 19.1. The van der Waals surface area contributed by atoms with Gasteiger partial charge in [-0.25, -0.2) is 4.39 Å². The van der Waals surface area contributed by atoms with Crippen LogP contribution in [0.25, 0.3) is 0 Å². The predicted octanol–water partition coefficient (Wildman–Crippen LogP) is 1.34. The molecule has 0 bridgehead atoms. The lowest BCUT2D eigenvalue weighted by atomic mass is 9.99. The van der Waals surface area contributed by atoms with E-state index in [0.717, 1.165) is 26.2 Å². The van der Waals surface area contributed by atoms with Crippen LogP contribution in [0.4, 0.5) is 4.39 Å². The number of nitriles is 1. The molecule has 0 spiro atoms. The summed E-state index contributed by atoms with van der Waals surface area (Å²) in [6, 6.07) is 8.75. The van der Waals surface area contributed by atoms with Gasteiger partial charge in [0.05, 0.1) is 12.0 Å². The smallest absolute Gasteiger partial charge is 0.127 e. The maximum absolute atomic E-state index is 13.6. The van der Waals surface area contributed by atoms with Crippen LogP contribution in [-0.2, 0) is 0 Å². The van der Waals surface area contributed by atoms with Gasteiger partial charge in [0.25, 0.3) is 0 Å². The molecule has 0 amide bonds. The molecule has 1 aliphatic heterocycles. The molecule has 1 unspecified atom stereocenters. The van der Waals surface area contributed by atoms with Crippen molar-refractivity contribution in [2.75, 3.05) is 32.7 Å². The molecular weight excluding hydrogens is 217 g/mol. The number of rotatable bonds is 3. The van der Waals surface area contributed by atoms with Gasteiger partial charge in [-0.3, -0.25) is 4.90 Å². The Bertz CT molecular complexity index is 407. The summed E-state index contributed by atoms with van der Waals surface area (Å²) >= 11 is 0. The normalized spacial score (nSPS) is 18.6. The summed E-state index contributed by atoms with van der Waals surface area (Å²) in [4.78, 5) is 2.21. The zero-order valence-corrected chi connectivity index (χ0v) is 9.69. The molecule has 1 atom stereocenters. The van der Waals surface area contributed by atoms with Crippen molar-refractivity contribution in [2.24, 2.45) is 0 Å². The van der Waals surface area contributed by atoms with E-state index in [2.05, 4.69) is 16.3 Å². The van der Waals surface area contributed by atoms with Crippen LogP contribution in [-0.4, -0.2) is 37.6 Å². The molecule has 0 aliphatic carbocycles. The fraction of sp³-hybridized carbons (Fsp3) is 0.462. The number of benzene rings is 1. The minimum Gasteiger partial charge on any atom is -0.314 e. The van der Waals surface area contributed by atoms with E-state index in [9.17, 15) is 9.65 Å². The van der Waals surface area contributed by atoms with Crippen molar-refractivity contribution in [3.8, 4) is 6.07 Å². The van der Waals surface area contributed by atoms with Gasteiger partial charge < -0.3 is 5.32 Å². The molecule has 1 fully saturated rings. The van der Waals surface area contributed by atoms with E-state index < -0.39 is 0 Å². The average Bonchev–Trinajstić information content (AvgIpc) is 2.38. The van der Waals surface area contributed by atoms with Gasteiger partial charge in [0.15, 0.2) is 0 Å². The highest BCUT2D eigenvalue weighted by Gasteiger charge is 2.19. The third-order valence-electron chi connectivity index (χ3n) is 3.09. The summed E-state index contributed by atoms with van der Waals surface area (Å²) < 4.78 is 13.6. The Labute approximate surface area is 101 Å². The highest BCUT2D eigenvalue weighted by molar-refractivity contribution is 5.27. The Morgan fingerprint density at radius 3 is 2.71 bits per heavy atom. The molecule has 1 heterocycles. The summed E-state index contributed by atoms with van der Waals surface area (Å²) in [6.07, 6.45) is 0. The Kier molecular flexibility index (Phi) is 4.08. The summed E-state index contributed by atoms with van der Waals surface area (Å²) in [5.74, 6) is -0.663. The van der Waals surface area contributed by atoms with Crippen LogP contribution in [0.3, 0.4) is 0 Å². The number of nitrogens with one attached hydrogen (secondary N) is 1. The molecule has 1 saturated heterocycles. The van der Waals surface area contributed by atoms with Crippen molar-refractivity contribution in [3.63, 3.8) is 0 Å². The van der Waals surface area contributed by atoms with Gasteiger partial charge in [0.1, 0.15) is 5.82 Å². The zero-order valence-electron chi connectivity index (χ0n) is 9.69. The first kappa shape index (κ1) is 12.0. The fourth-order valence-electron chi connectivity index (χ4n) is 2.12. The summed E-state index contributed by atoms with van der Waals surface area (Å²) in [5, 5.41) is 12.4. The molecule has 0 aromatic heterocycles. The molecule has 3 nitrogen and oxygen atoms in total. The first-order valence-electron chi connectivity index (χ1n) is 5.88. The van der Waals surface area contributed by atoms with Crippen molar-refractivity contribution in [1.29, 1.82) is 5.26 Å². The SMILES string of the molecule is N#CC(CN1CCNCC1)c1ccccc1F. The van der Waals surface area contributed by atoms with E-state index >= 15 is 0 Å². The second kappa shape index (κ2) is 5.76. The highest BCUT2D eigenvalue weighted by Crippen LogP contribution is 2.19. The van der Waals surface area contributed by atoms with E-state index in [-0.39, 0.29) is 11.7 Å². The standard InChI is InChI=1S/C13H16FN3/c14-13-4-2-1-3-12(13)11(9-15)10-17-7-5-16-6-8-17/h1-4,11,16H,5-8,10H2. The molecular formula is C13H16FN3. The third-order valence-corrected chi connectivity index (χ3v) is 3.09. The molecule has 1 aromatic carbocycles. The topological polar surface area (TPSA) is 39.1 Å². The van der Waals surface area contributed by atoms with Crippen molar-refractivity contribution < 1.29 is 4.39 Å². The number of hydrogen-bond donors (Lipinski definition) is 1. The lowest BCUT2D eigenvalue weighted by molar-refractivity contribution is 0.236. The number of halogens is 1. The van der Waals surface area contributed by atoms with Gasteiger partial charge in [-0.05, 0) is 6.07 Å². The Balaban J connectivity index is 2.06. The van der Waals surface area contributed by atoms with Crippen LogP contribution in [0.2, 0.25) is 0 Å². The second-order valence-corrected chi connectivity index (χ2v) is 4.25. The van der Waals surface area contributed by atoms with E-state index in [0.29, 0.717) is 12.1 Å². The largest absolute Gasteiger partial charge is 0.314 e. The maximum Gasteiger partial charge on any atom is 0.127 e. The molecule has 17 heavy (non-hydrogen) atoms. The number of hydrogen-bond acceptors (Lipinski definition) is 3. The first-order valence-corrected chi connectivity index (χ1v) is 5.88. The quantitative estimate of drug-likeness (QED) is 0.856. The first-order chi connectivity index (χ1) is 8.31. The minimum atomic E-state index is -0.380. The van der Waals surface area contributed by atoms with Crippen LogP contribution >= 0.6 is 0 Å². The van der Waals surface area contributed by atoms with Crippen LogP contribution in [0, 0.1) is 17.1 Å². The lowest BCUT2D eigenvalue weighted by Crippen LogP contribution is -2.44. The van der Waals surface area contributed by atoms with E-state index in [4.69, 9.17) is 0 Å². The van der Waals surface area contributed by atoms with E-state index in [1.807, 2.05) is 0 Å². The molecule has 0 saturated carbocycles. The second-order valence-electron chi connectivity index (χ2n) is 4.25. The molecule has 90 valence electrons. The maximum atomic E-state index is 13.6. The van der Waals surface area contributed by atoms with Gasteiger partial charge in [-0.1, -0.05) is 18.2 Å². The van der Waals surface area contributed by atoms with Crippen molar-refractivity contribution in [3.05, 3.63) is 35.6 Å². The number of piperazine rings is 1.